The lowest BCUT2D eigenvalue weighted by molar-refractivity contribution is 0.123. The molecule has 0 bridgehead atoms. The summed E-state index contributed by atoms with van der Waals surface area (Å²) in [6.45, 7) is 2.69. The molecular weight excluding hydrogens is 422 g/mol. The highest BCUT2D eigenvalue weighted by molar-refractivity contribution is 14.0. The number of rotatable bonds is 8. The van der Waals surface area contributed by atoms with Crippen molar-refractivity contribution in [3.8, 4) is 6.07 Å². The van der Waals surface area contributed by atoms with Gasteiger partial charge < -0.3 is 15.4 Å². The Kier molecular flexibility index (Phi) is 9.64. The second-order valence-corrected chi connectivity index (χ2v) is 5.64. The molecule has 0 saturated heterocycles. The standard InChI is InChI=1S/C17H23FN4O.HI/c1-20-17(21-7-2-8-23-12-13-3-4-13)22-11-15-6-5-14(10-19)9-16(15)18;/h5-6,9,13H,2-4,7-8,11-12H2,1H3,(H2,20,21,22);1H. The van der Waals surface area contributed by atoms with Crippen molar-refractivity contribution in [1.29, 1.82) is 5.26 Å². The van der Waals surface area contributed by atoms with Crippen LogP contribution < -0.4 is 10.6 Å². The number of nitrogens with zero attached hydrogens (tertiary/aromatic N) is 2. The maximum absolute atomic E-state index is 13.8. The minimum atomic E-state index is -0.388. The first kappa shape index (κ1) is 20.6. The smallest absolute Gasteiger partial charge is 0.191 e. The lowest BCUT2D eigenvalue weighted by Gasteiger charge is -2.12. The van der Waals surface area contributed by atoms with Crippen LogP contribution in [0.15, 0.2) is 23.2 Å². The van der Waals surface area contributed by atoms with Crippen LogP contribution in [-0.4, -0.2) is 32.8 Å². The minimum absolute atomic E-state index is 0. The molecule has 1 aliphatic rings. The number of aliphatic imine (C=N–C) groups is 1. The van der Waals surface area contributed by atoms with Crippen LogP contribution in [0.25, 0.3) is 0 Å². The number of hydrogen-bond acceptors (Lipinski definition) is 3. The third kappa shape index (κ3) is 7.45. The summed E-state index contributed by atoms with van der Waals surface area (Å²) in [6.07, 6.45) is 3.51. The van der Waals surface area contributed by atoms with E-state index < -0.39 is 0 Å². The molecule has 1 aromatic carbocycles. The van der Waals surface area contributed by atoms with Gasteiger partial charge in [-0.25, -0.2) is 4.39 Å². The molecule has 0 aromatic heterocycles. The molecule has 1 saturated carbocycles. The second kappa shape index (κ2) is 11.2. The Bertz CT molecular complexity index is 584. The molecule has 132 valence electrons. The molecule has 0 amide bonds. The van der Waals surface area contributed by atoms with Gasteiger partial charge in [0, 0.05) is 38.9 Å². The molecule has 0 radical (unpaired) electrons. The van der Waals surface area contributed by atoms with Crippen LogP contribution in [0.3, 0.4) is 0 Å². The van der Waals surface area contributed by atoms with Crippen molar-refractivity contribution < 1.29 is 9.13 Å². The number of nitrogens with one attached hydrogen (secondary N) is 2. The monoisotopic (exact) mass is 446 g/mol. The third-order valence-electron chi connectivity index (χ3n) is 3.66. The number of ether oxygens (including phenoxy) is 1. The van der Waals surface area contributed by atoms with Gasteiger partial charge in [-0.05, 0) is 37.3 Å². The van der Waals surface area contributed by atoms with Gasteiger partial charge in [-0.1, -0.05) is 6.07 Å². The molecule has 1 fully saturated rings. The summed E-state index contributed by atoms with van der Waals surface area (Å²) in [4.78, 5) is 4.10. The molecule has 0 aliphatic heterocycles. The summed E-state index contributed by atoms with van der Waals surface area (Å²) >= 11 is 0. The number of nitriles is 1. The first-order valence-electron chi connectivity index (χ1n) is 7.93. The summed E-state index contributed by atoms with van der Waals surface area (Å²) in [5, 5.41) is 15.0. The Morgan fingerprint density at radius 3 is 2.83 bits per heavy atom. The second-order valence-electron chi connectivity index (χ2n) is 5.64. The van der Waals surface area contributed by atoms with Crippen molar-refractivity contribution in [1.82, 2.24) is 10.6 Å². The average molecular weight is 446 g/mol. The van der Waals surface area contributed by atoms with Gasteiger partial charge in [0.15, 0.2) is 5.96 Å². The van der Waals surface area contributed by atoms with Crippen LogP contribution in [-0.2, 0) is 11.3 Å². The molecule has 1 aromatic rings. The fourth-order valence-corrected chi connectivity index (χ4v) is 2.08. The highest BCUT2D eigenvalue weighted by Gasteiger charge is 2.20. The normalized spacial score (nSPS) is 13.8. The van der Waals surface area contributed by atoms with Crippen LogP contribution in [0.4, 0.5) is 4.39 Å². The van der Waals surface area contributed by atoms with E-state index in [2.05, 4.69) is 15.6 Å². The molecule has 0 unspecified atom stereocenters. The molecule has 24 heavy (non-hydrogen) atoms. The largest absolute Gasteiger partial charge is 0.381 e. The molecule has 7 heteroatoms. The van der Waals surface area contributed by atoms with Crippen molar-refractivity contribution in [2.45, 2.75) is 25.8 Å². The molecule has 2 rings (SSSR count). The number of hydrogen-bond donors (Lipinski definition) is 2. The molecular formula is C17H24FIN4O. The van der Waals surface area contributed by atoms with Crippen molar-refractivity contribution >= 4 is 29.9 Å². The van der Waals surface area contributed by atoms with Crippen LogP contribution in [0.5, 0.6) is 0 Å². The Hall–Kier alpha value is -1.40. The Balaban J connectivity index is 0.00000288. The van der Waals surface area contributed by atoms with E-state index >= 15 is 0 Å². The number of benzene rings is 1. The molecule has 0 heterocycles. The van der Waals surface area contributed by atoms with Crippen LogP contribution >= 0.6 is 24.0 Å². The molecule has 0 spiro atoms. The zero-order valence-electron chi connectivity index (χ0n) is 13.8. The van der Waals surface area contributed by atoms with Crippen LogP contribution in [0.2, 0.25) is 0 Å². The van der Waals surface area contributed by atoms with Crippen molar-refractivity contribution in [2.24, 2.45) is 10.9 Å². The maximum Gasteiger partial charge on any atom is 0.191 e. The Labute approximate surface area is 159 Å². The molecule has 1 aliphatic carbocycles. The van der Waals surface area contributed by atoms with E-state index in [1.165, 1.54) is 18.9 Å². The van der Waals surface area contributed by atoms with Gasteiger partial charge in [-0.2, -0.15) is 5.26 Å². The van der Waals surface area contributed by atoms with E-state index in [4.69, 9.17) is 10.00 Å². The summed E-state index contributed by atoms with van der Waals surface area (Å²) in [7, 11) is 1.67. The molecule has 0 atom stereocenters. The molecule has 2 N–H and O–H groups in total. The zero-order chi connectivity index (χ0) is 16.5. The zero-order valence-corrected chi connectivity index (χ0v) is 16.2. The third-order valence-corrected chi connectivity index (χ3v) is 3.66. The van der Waals surface area contributed by atoms with Gasteiger partial charge in [0.1, 0.15) is 5.82 Å². The van der Waals surface area contributed by atoms with Crippen molar-refractivity contribution in [3.63, 3.8) is 0 Å². The van der Waals surface area contributed by atoms with Gasteiger partial charge in [-0.3, -0.25) is 4.99 Å². The lowest BCUT2D eigenvalue weighted by Crippen LogP contribution is -2.37. The van der Waals surface area contributed by atoms with E-state index in [1.807, 2.05) is 6.07 Å². The Morgan fingerprint density at radius 2 is 2.21 bits per heavy atom. The first-order valence-corrected chi connectivity index (χ1v) is 7.93. The van der Waals surface area contributed by atoms with Gasteiger partial charge in [0.2, 0.25) is 0 Å². The van der Waals surface area contributed by atoms with Gasteiger partial charge in [0.25, 0.3) is 0 Å². The fourth-order valence-electron chi connectivity index (χ4n) is 2.08. The van der Waals surface area contributed by atoms with E-state index in [9.17, 15) is 4.39 Å². The van der Waals surface area contributed by atoms with E-state index in [0.29, 0.717) is 23.6 Å². The fraction of sp³-hybridized carbons (Fsp3) is 0.529. The predicted octanol–water partition coefficient (Wildman–Crippen LogP) is 2.80. The van der Waals surface area contributed by atoms with Crippen molar-refractivity contribution in [3.05, 3.63) is 35.1 Å². The first-order chi connectivity index (χ1) is 11.2. The van der Waals surface area contributed by atoms with Crippen LogP contribution in [0.1, 0.15) is 30.4 Å². The highest BCUT2D eigenvalue weighted by atomic mass is 127. The lowest BCUT2D eigenvalue weighted by atomic mass is 10.1. The molecule has 5 nitrogen and oxygen atoms in total. The van der Waals surface area contributed by atoms with Gasteiger partial charge in [0.05, 0.1) is 11.6 Å². The summed E-state index contributed by atoms with van der Waals surface area (Å²) in [5.74, 6) is 1.02. The SMILES string of the molecule is CN=C(NCCCOCC1CC1)NCc1ccc(C#N)cc1F.I. The Morgan fingerprint density at radius 1 is 1.42 bits per heavy atom. The predicted molar refractivity (Wildman–Crippen MR) is 103 cm³/mol. The van der Waals surface area contributed by atoms with Gasteiger partial charge in [-0.15, -0.1) is 24.0 Å². The average Bonchev–Trinajstić information content (AvgIpc) is 3.38. The quantitative estimate of drug-likeness (QED) is 0.279. The minimum Gasteiger partial charge on any atom is -0.381 e. The van der Waals surface area contributed by atoms with E-state index in [0.717, 1.165) is 32.1 Å². The summed E-state index contributed by atoms with van der Waals surface area (Å²) < 4.78 is 19.3. The van der Waals surface area contributed by atoms with Gasteiger partial charge >= 0.3 is 0 Å². The number of halogens is 2. The maximum atomic E-state index is 13.8. The summed E-state index contributed by atoms with van der Waals surface area (Å²) in [6, 6.07) is 6.37. The number of guanidine groups is 1. The summed E-state index contributed by atoms with van der Waals surface area (Å²) in [5.41, 5.74) is 0.819. The topological polar surface area (TPSA) is 69.4 Å². The van der Waals surface area contributed by atoms with Crippen LogP contribution in [0, 0.1) is 23.1 Å². The van der Waals surface area contributed by atoms with E-state index in [1.54, 1.807) is 19.2 Å². The highest BCUT2D eigenvalue weighted by Crippen LogP contribution is 2.28. The van der Waals surface area contributed by atoms with E-state index in [-0.39, 0.29) is 29.8 Å². The van der Waals surface area contributed by atoms with Crippen molar-refractivity contribution in [2.75, 3.05) is 26.8 Å².